The Morgan fingerprint density at radius 3 is 2.02 bits per heavy atom. The van der Waals surface area contributed by atoms with Crippen LogP contribution in [0, 0.1) is 13.8 Å². The number of nitrogens with zero attached hydrogens (tertiary/aromatic N) is 6. The van der Waals surface area contributed by atoms with Crippen molar-refractivity contribution in [3.8, 4) is 0 Å². The lowest BCUT2D eigenvalue weighted by atomic mass is 10.1. The zero-order valence-corrected chi connectivity index (χ0v) is 25.6. The number of aromatic nitrogens is 4. The lowest BCUT2D eigenvalue weighted by molar-refractivity contribution is 0.360. The minimum atomic E-state index is -3.77. The molecule has 0 bridgehead atoms. The van der Waals surface area contributed by atoms with E-state index >= 15 is 0 Å². The summed E-state index contributed by atoms with van der Waals surface area (Å²) >= 11 is 3.47. The maximum Gasteiger partial charge on any atom is 0.198 e. The molecule has 0 amide bonds. The minimum absolute atomic E-state index is 0.176. The van der Waals surface area contributed by atoms with E-state index in [2.05, 4.69) is 31.5 Å². The maximum atomic E-state index is 15.0. The second kappa shape index (κ2) is 11.9. The summed E-state index contributed by atoms with van der Waals surface area (Å²) in [7, 11) is -6.88. The smallest absolute Gasteiger partial charge is 0.198 e. The number of rotatable bonds is 8. The molecule has 0 N–H and O–H groups in total. The number of hydrogen-bond donors (Lipinski definition) is 0. The van der Waals surface area contributed by atoms with Gasteiger partial charge >= 0.3 is 0 Å². The van der Waals surface area contributed by atoms with Crippen LogP contribution in [-0.4, -0.2) is 50.2 Å². The van der Waals surface area contributed by atoms with Crippen LogP contribution in [0.5, 0.6) is 0 Å². The van der Waals surface area contributed by atoms with Crippen LogP contribution in [-0.2, 0) is 25.6 Å². The molecule has 0 spiro atoms. The number of tetrazole rings is 1. The number of aryl methyl sites for hydroxylation is 2. The summed E-state index contributed by atoms with van der Waals surface area (Å²) in [4.78, 5) is 0.761. The Balaban J connectivity index is 1.66. The van der Waals surface area contributed by atoms with Crippen molar-refractivity contribution in [3.63, 3.8) is 0 Å². The van der Waals surface area contributed by atoms with Gasteiger partial charge < -0.3 is 0 Å². The predicted molar refractivity (Wildman–Crippen MR) is 158 cm³/mol. The Bertz CT molecular complexity index is 1690. The highest BCUT2D eigenvalue weighted by atomic mass is 79.9. The van der Waals surface area contributed by atoms with Gasteiger partial charge in [0.15, 0.2) is 21.5 Å². The van der Waals surface area contributed by atoms with E-state index in [1.165, 1.54) is 4.68 Å². The molecule has 2 unspecified atom stereocenters. The molecule has 12 heteroatoms. The molecule has 1 aliphatic rings. The van der Waals surface area contributed by atoms with Crippen molar-refractivity contribution >= 4 is 35.7 Å². The fourth-order valence-electron chi connectivity index (χ4n) is 4.63. The highest BCUT2D eigenvalue weighted by Crippen LogP contribution is 2.32. The lowest BCUT2D eigenvalue weighted by Crippen LogP contribution is -2.36. The number of halogens is 1. The van der Waals surface area contributed by atoms with Gasteiger partial charge in [0.05, 0.1) is 9.79 Å². The molecular formula is C28H31BrN6O3S2. The normalized spacial score (nSPS) is 16.8. The minimum Gasteiger partial charge on any atom is -0.228 e. The molecule has 9 nitrogen and oxygen atoms in total. The van der Waals surface area contributed by atoms with E-state index in [-0.39, 0.29) is 10.7 Å². The molecule has 40 heavy (non-hydrogen) atoms. The van der Waals surface area contributed by atoms with E-state index in [1.54, 1.807) is 24.3 Å². The second-order valence-electron chi connectivity index (χ2n) is 9.95. The first-order chi connectivity index (χ1) is 19.2. The van der Waals surface area contributed by atoms with Crippen molar-refractivity contribution in [3.05, 3.63) is 99.8 Å². The zero-order valence-electron chi connectivity index (χ0n) is 22.4. The first-order valence-electron chi connectivity index (χ1n) is 13.0. The largest absolute Gasteiger partial charge is 0.228 e. The Morgan fingerprint density at radius 2 is 1.40 bits per heavy atom. The van der Waals surface area contributed by atoms with Crippen molar-refractivity contribution in [2.45, 2.75) is 54.8 Å². The van der Waals surface area contributed by atoms with Crippen LogP contribution in [0.2, 0.25) is 0 Å². The zero-order chi connectivity index (χ0) is 28.3. The summed E-state index contributed by atoms with van der Waals surface area (Å²) in [6.07, 6.45) is 2.92. The maximum absolute atomic E-state index is 15.0. The van der Waals surface area contributed by atoms with Gasteiger partial charge in [-0.1, -0.05) is 69.9 Å². The van der Waals surface area contributed by atoms with Gasteiger partial charge in [-0.25, -0.2) is 26.0 Å². The summed E-state index contributed by atoms with van der Waals surface area (Å²) in [5, 5.41) is 12.1. The van der Waals surface area contributed by atoms with Gasteiger partial charge in [-0.15, -0.1) is 5.10 Å². The van der Waals surface area contributed by atoms with Crippen molar-refractivity contribution in [2.24, 2.45) is 4.36 Å². The molecular weight excluding hydrogens is 612 g/mol. The Labute approximate surface area is 244 Å². The molecule has 5 rings (SSSR count). The van der Waals surface area contributed by atoms with Crippen LogP contribution in [0.3, 0.4) is 0 Å². The van der Waals surface area contributed by atoms with Crippen molar-refractivity contribution in [1.82, 2.24) is 24.5 Å². The van der Waals surface area contributed by atoms with E-state index in [0.717, 1.165) is 40.4 Å². The van der Waals surface area contributed by atoms with Crippen LogP contribution in [0.15, 0.2) is 91.4 Å². The molecule has 0 radical (unpaired) electrons. The molecule has 1 aromatic heterocycles. The first-order valence-corrected chi connectivity index (χ1v) is 17.0. The van der Waals surface area contributed by atoms with Gasteiger partial charge in [0.1, 0.15) is 16.0 Å². The van der Waals surface area contributed by atoms with Gasteiger partial charge in [0, 0.05) is 17.6 Å². The molecule has 1 aliphatic heterocycles. The summed E-state index contributed by atoms with van der Waals surface area (Å²) in [6, 6.07) is 20.8. The molecule has 1 fully saturated rings. The molecule has 4 aromatic rings. The third-order valence-corrected chi connectivity index (χ3v) is 11.5. The molecule has 210 valence electrons. The average Bonchev–Trinajstić information content (AvgIpc) is 3.40. The van der Waals surface area contributed by atoms with Gasteiger partial charge in [0.25, 0.3) is 0 Å². The van der Waals surface area contributed by atoms with Gasteiger partial charge in [-0.2, -0.15) is 0 Å². The Hall–Kier alpha value is -2.93. The van der Waals surface area contributed by atoms with Crippen molar-refractivity contribution in [1.29, 1.82) is 0 Å². The van der Waals surface area contributed by atoms with Crippen LogP contribution in [0.1, 0.15) is 47.8 Å². The monoisotopic (exact) mass is 642 g/mol. The van der Waals surface area contributed by atoms with Crippen molar-refractivity contribution < 1.29 is 12.6 Å². The topological polar surface area (TPSA) is 110 Å². The average molecular weight is 644 g/mol. The highest BCUT2D eigenvalue weighted by Gasteiger charge is 2.31. The fourth-order valence-corrected chi connectivity index (χ4v) is 8.40. The summed E-state index contributed by atoms with van der Waals surface area (Å²) < 4.78 is 50.8. The third kappa shape index (κ3) is 6.19. The molecule has 0 aliphatic carbocycles. The molecule has 2 atom stereocenters. The first kappa shape index (κ1) is 28.6. The lowest BCUT2D eigenvalue weighted by Gasteiger charge is -2.30. The number of hydrogen-bond acceptors (Lipinski definition) is 7. The summed E-state index contributed by atoms with van der Waals surface area (Å²) in [5.74, 6) is -0.263. The fraction of sp³-hybridized carbons (Fsp3) is 0.321. The second-order valence-corrected chi connectivity index (χ2v) is 15.0. The Kier molecular flexibility index (Phi) is 8.50. The predicted octanol–water partition coefficient (Wildman–Crippen LogP) is 5.50. The molecule has 1 saturated heterocycles. The molecule has 2 heterocycles. The quantitative estimate of drug-likeness (QED) is 0.251. The van der Waals surface area contributed by atoms with Crippen LogP contribution in [0.4, 0.5) is 0 Å². The summed E-state index contributed by atoms with van der Waals surface area (Å²) in [5.41, 5.74) is 2.73. The van der Waals surface area contributed by atoms with E-state index < -0.39 is 31.7 Å². The molecule has 0 saturated carbocycles. The van der Waals surface area contributed by atoms with E-state index in [9.17, 15) is 12.6 Å². The SMILES string of the molecule is Cc1ccc(C(N=S(=O)(c2ccc(Br)cc2)N2CCCCC2)c2nnnn2CS(=O)(=O)c2ccc(C)cc2)cc1. The molecule has 3 aromatic carbocycles. The third-order valence-electron chi connectivity index (χ3n) is 6.90. The standard InChI is InChI=1S/C28H31BrN6O3S2/c1-21-6-10-23(11-7-21)27(28-30-32-33-35(28)20-39(36,37)25-14-8-22(2)9-15-25)31-40(38,34-18-4-3-5-19-34)26-16-12-24(29)13-17-26/h6-17,27H,3-5,18-20H2,1-2H3. The number of benzene rings is 3. The van der Waals surface area contributed by atoms with Crippen molar-refractivity contribution in [2.75, 3.05) is 13.1 Å². The van der Waals surface area contributed by atoms with E-state index in [0.29, 0.717) is 18.0 Å². The van der Waals surface area contributed by atoms with Gasteiger partial charge in [-0.3, -0.25) is 0 Å². The Morgan fingerprint density at radius 1 is 0.825 bits per heavy atom. The van der Waals surface area contributed by atoms with E-state index in [1.807, 2.05) is 66.7 Å². The van der Waals surface area contributed by atoms with Gasteiger partial charge in [0.2, 0.25) is 0 Å². The van der Waals surface area contributed by atoms with E-state index in [4.69, 9.17) is 4.36 Å². The highest BCUT2D eigenvalue weighted by molar-refractivity contribution is 9.10. The summed E-state index contributed by atoms with van der Waals surface area (Å²) in [6.45, 7) is 5.17. The number of sulfone groups is 1. The van der Waals surface area contributed by atoms with Gasteiger partial charge in [-0.05, 0) is 79.1 Å². The number of piperidine rings is 1. The van der Waals surface area contributed by atoms with Crippen LogP contribution in [0.25, 0.3) is 0 Å². The van der Waals surface area contributed by atoms with Crippen LogP contribution < -0.4 is 0 Å². The van der Waals surface area contributed by atoms with Crippen LogP contribution >= 0.6 is 15.9 Å².